The maximum absolute atomic E-state index is 13.8. The third kappa shape index (κ3) is 2.08. The highest BCUT2D eigenvalue weighted by atomic mass is 79.9. The molecular formula is C12H14BrFO. The van der Waals surface area contributed by atoms with Crippen molar-refractivity contribution < 1.29 is 9.50 Å². The fourth-order valence-corrected chi connectivity index (χ4v) is 2.35. The van der Waals surface area contributed by atoms with E-state index in [0.717, 1.165) is 24.0 Å². The van der Waals surface area contributed by atoms with Crippen molar-refractivity contribution >= 4 is 15.9 Å². The van der Waals surface area contributed by atoms with E-state index in [-0.39, 0.29) is 5.82 Å². The van der Waals surface area contributed by atoms with Crippen LogP contribution in [0.4, 0.5) is 4.39 Å². The largest absolute Gasteiger partial charge is 0.390 e. The lowest BCUT2D eigenvalue weighted by atomic mass is 9.97. The maximum Gasteiger partial charge on any atom is 0.140 e. The summed E-state index contributed by atoms with van der Waals surface area (Å²) in [7, 11) is 0. The Bertz CT molecular complexity index is 384. The maximum atomic E-state index is 13.8. The van der Waals surface area contributed by atoms with Crippen LogP contribution in [0.5, 0.6) is 0 Å². The van der Waals surface area contributed by atoms with Gasteiger partial charge in [0.05, 0.1) is 10.1 Å². The summed E-state index contributed by atoms with van der Waals surface area (Å²) in [6.07, 6.45) is 2.01. The molecule has 0 heterocycles. The number of rotatable bonds is 2. The van der Waals surface area contributed by atoms with Crippen LogP contribution in [0.25, 0.3) is 0 Å². The summed E-state index contributed by atoms with van der Waals surface area (Å²) in [5, 5.41) is 9.83. The molecule has 0 aliphatic heterocycles. The summed E-state index contributed by atoms with van der Waals surface area (Å²) in [6, 6.07) is 1.78. The Balaban J connectivity index is 2.44. The first-order valence-corrected chi connectivity index (χ1v) is 5.89. The molecule has 0 saturated heterocycles. The lowest BCUT2D eigenvalue weighted by molar-refractivity contribution is 0.149. The van der Waals surface area contributed by atoms with Crippen molar-refractivity contribution in [2.24, 2.45) is 0 Å². The molecule has 0 bridgehead atoms. The molecule has 0 amide bonds. The van der Waals surface area contributed by atoms with Gasteiger partial charge in [0, 0.05) is 6.42 Å². The van der Waals surface area contributed by atoms with Crippen molar-refractivity contribution in [3.63, 3.8) is 0 Å². The van der Waals surface area contributed by atoms with Crippen LogP contribution in [0.3, 0.4) is 0 Å². The second kappa shape index (κ2) is 3.56. The third-order valence-electron chi connectivity index (χ3n) is 3.20. The molecular weight excluding hydrogens is 259 g/mol. The minimum atomic E-state index is -0.640. The zero-order valence-corrected chi connectivity index (χ0v) is 10.5. The molecule has 1 fully saturated rings. The first-order valence-electron chi connectivity index (χ1n) is 5.09. The van der Waals surface area contributed by atoms with E-state index in [1.807, 2.05) is 13.8 Å². The molecule has 1 nitrogen and oxygen atoms in total. The summed E-state index contributed by atoms with van der Waals surface area (Å²) < 4.78 is 14.3. The molecule has 3 heteroatoms. The van der Waals surface area contributed by atoms with Gasteiger partial charge in [-0.3, -0.25) is 0 Å². The second-order valence-corrected chi connectivity index (χ2v) is 5.35. The Labute approximate surface area is 97.4 Å². The number of aryl methyl sites for hydroxylation is 1. The molecule has 0 aromatic heterocycles. The van der Waals surface area contributed by atoms with Gasteiger partial charge < -0.3 is 5.11 Å². The van der Waals surface area contributed by atoms with Gasteiger partial charge in [0.2, 0.25) is 0 Å². The van der Waals surface area contributed by atoms with Gasteiger partial charge in [-0.15, -0.1) is 0 Å². The normalized spacial score (nSPS) is 17.9. The topological polar surface area (TPSA) is 20.2 Å². The average Bonchev–Trinajstić information content (AvgIpc) is 2.89. The highest BCUT2D eigenvalue weighted by Crippen LogP contribution is 2.40. The number of benzene rings is 1. The molecule has 1 aromatic carbocycles. The number of halogens is 2. The van der Waals surface area contributed by atoms with Crippen LogP contribution in [0.1, 0.15) is 29.5 Å². The highest BCUT2D eigenvalue weighted by Gasteiger charge is 2.41. The number of hydrogen-bond acceptors (Lipinski definition) is 1. The molecule has 0 unspecified atom stereocenters. The Hall–Kier alpha value is -0.410. The van der Waals surface area contributed by atoms with Crippen molar-refractivity contribution in [3.8, 4) is 0 Å². The zero-order chi connectivity index (χ0) is 11.2. The van der Waals surface area contributed by atoms with Gasteiger partial charge in [-0.25, -0.2) is 4.39 Å². The summed E-state index contributed by atoms with van der Waals surface area (Å²) in [5.74, 6) is -0.224. The molecule has 15 heavy (non-hydrogen) atoms. The van der Waals surface area contributed by atoms with Crippen LogP contribution in [-0.2, 0) is 6.42 Å². The molecule has 1 aromatic rings. The van der Waals surface area contributed by atoms with Gasteiger partial charge in [-0.2, -0.15) is 0 Å². The van der Waals surface area contributed by atoms with Gasteiger partial charge >= 0.3 is 0 Å². The number of aliphatic hydroxyl groups is 1. The molecule has 0 radical (unpaired) electrons. The van der Waals surface area contributed by atoms with Crippen molar-refractivity contribution in [1.29, 1.82) is 0 Å². The van der Waals surface area contributed by atoms with Crippen molar-refractivity contribution in [3.05, 3.63) is 33.0 Å². The minimum Gasteiger partial charge on any atom is -0.390 e. The lowest BCUT2D eigenvalue weighted by Crippen LogP contribution is -2.14. The van der Waals surface area contributed by atoms with Crippen LogP contribution in [0.15, 0.2) is 10.5 Å². The highest BCUT2D eigenvalue weighted by molar-refractivity contribution is 9.10. The van der Waals surface area contributed by atoms with E-state index in [2.05, 4.69) is 15.9 Å². The van der Waals surface area contributed by atoms with Gasteiger partial charge in [0.1, 0.15) is 5.82 Å². The molecule has 1 N–H and O–H groups in total. The van der Waals surface area contributed by atoms with E-state index in [4.69, 9.17) is 0 Å². The van der Waals surface area contributed by atoms with Crippen molar-refractivity contribution in [2.75, 3.05) is 0 Å². The van der Waals surface area contributed by atoms with Crippen LogP contribution < -0.4 is 0 Å². The van der Waals surface area contributed by atoms with E-state index in [9.17, 15) is 9.50 Å². The summed E-state index contributed by atoms with van der Waals surface area (Å²) in [6.45, 7) is 3.87. The Kier molecular flexibility index (Phi) is 2.63. The zero-order valence-electron chi connectivity index (χ0n) is 8.90. The summed E-state index contributed by atoms with van der Waals surface area (Å²) >= 11 is 3.20. The standard InChI is InChI=1S/C12H14BrFO/c1-7-5-10(13)11(14)9(8(7)2)6-12(15)3-4-12/h5,15H,3-4,6H2,1-2H3. The van der Waals surface area contributed by atoms with Gasteiger partial charge in [0.15, 0.2) is 0 Å². The predicted molar refractivity (Wildman–Crippen MR) is 61.5 cm³/mol. The summed E-state index contributed by atoms with van der Waals surface area (Å²) in [4.78, 5) is 0. The Morgan fingerprint density at radius 1 is 1.47 bits per heavy atom. The quantitative estimate of drug-likeness (QED) is 0.876. The van der Waals surface area contributed by atoms with E-state index in [0.29, 0.717) is 16.5 Å². The third-order valence-corrected chi connectivity index (χ3v) is 3.77. The van der Waals surface area contributed by atoms with Crippen LogP contribution in [0, 0.1) is 19.7 Å². The molecule has 1 aliphatic carbocycles. The fourth-order valence-electron chi connectivity index (χ4n) is 1.77. The van der Waals surface area contributed by atoms with Gasteiger partial charge in [-0.1, -0.05) is 0 Å². The van der Waals surface area contributed by atoms with Crippen LogP contribution >= 0.6 is 15.9 Å². The van der Waals surface area contributed by atoms with Crippen LogP contribution in [-0.4, -0.2) is 10.7 Å². The first-order chi connectivity index (χ1) is 6.93. The SMILES string of the molecule is Cc1cc(Br)c(F)c(CC2(O)CC2)c1C. The van der Waals surface area contributed by atoms with E-state index in [1.54, 1.807) is 6.07 Å². The molecule has 0 atom stereocenters. The number of hydrogen-bond donors (Lipinski definition) is 1. The monoisotopic (exact) mass is 272 g/mol. The van der Waals surface area contributed by atoms with Crippen molar-refractivity contribution in [2.45, 2.75) is 38.7 Å². The second-order valence-electron chi connectivity index (χ2n) is 4.49. The lowest BCUT2D eigenvalue weighted by Gasteiger charge is -2.14. The molecule has 1 aliphatic rings. The smallest absolute Gasteiger partial charge is 0.140 e. The predicted octanol–water partition coefficient (Wildman–Crippen LogP) is 3.27. The molecule has 2 rings (SSSR count). The van der Waals surface area contributed by atoms with Gasteiger partial charge in [0.25, 0.3) is 0 Å². The van der Waals surface area contributed by atoms with E-state index < -0.39 is 5.60 Å². The van der Waals surface area contributed by atoms with E-state index >= 15 is 0 Å². The van der Waals surface area contributed by atoms with Crippen LogP contribution in [0.2, 0.25) is 0 Å². The summed E-state index contributed by atoms with van der Waals surface area (Å²) in [5.41, 5.74) is 2.03. The van der Waals surface area contributed by atoms with Gasteiger partial charge in [-0.05, 0) is 65.4 Å². The minimum absolute atomic E-state index is 0.224. The first kappa shape index (κ1) is 11.1. The average molecular weight is 273 g/mol. The Morgan fingerprint density at radius 3 is 2.60 bits per heavy atom. The Morgan fingerprint density at radius 2 is 2.07 bits per heavy atom. The fraction of sp³-hybridized carbons (Fsp3) is 0.500. The molecule has 1 saturated carbocycles. The molecule has 82 valence electrons. The van der Waals surface area contributed by atoms with E-state index in [1.165, 1.54) is 0 Å². The molecule has 0 spiro atoms. The van der Waals surface area contributed by atoms with Crippen molar-refractivity contribution in [1.82, 2.24) is 0 Å².